The van der Waals surface area contributed by atoms with Crippen LogP contribution in [0, 0.1) is 0 Å². The number of aldehydes is 1. The third-order valence-electron chi connectivity index (χ3n) is 2.62. The van der Waals surface area contributed by atoms with Crippen LogP contribution in [0.15, 0.2) is 18.2 Å². The molecule has 0 spiro atoms. The molecule has 0 aromatic heterocycles. The first-order valence-electron chi connectivity index (χ1n) is 5.32. The van der Waals surface area contributed by atoms with E-state index in [0.29, 0.717) is 13.0 Å². The molecule has 0 saturated heterocycles. The van der Waals surface area contributed by atoms with Crippen LogP contribution < -0.4 is 4.74 Å². The summed E-state index contributed by atoms with van der Waals surface area (Å²) >= 11 is 0. The number of rotatable bonds is 6. The van der Waals surface area contributed by atoms with Crippen LogP contribution in [0.25, 0.3) is 0 Å². The van der Waals surface area contributed by atoms with Gasteiger partial charge in [-0.1, -0.05) is 13.0 Å². The molecule has 0 aliphatic carbocycles. The van der Waals surface area contributed by atoms with Gasteiger partial charge in [-0.15, -0.1) is 0 Å². The second-order valence-electron chi connectivity index (χ2n) is 3.81. The average Bonchev–Trinajstić information content (AvgIpc) is 2.29. The maximum atomic E-state index is 10.5. The van der Waals surface area contributed by atoms with Crippen LogP contribution in [-0.4, -0.2) is 20.5 Å². The van der Waals surface area contributed by atoms with Crippen LogP contribution in [0.3, 0.4) is 0 Å². The molecule has 0 bridgehead atoms. The quantitative estimate of drug-likeness (QED) is 0.694. The molecule has 0 aliphatic heterocycles. The lowest BCUT2D eigenvalue weighted by molar-refractivity contribution is -0.108. The Bertz CT molecular complexity index is 347. The Labute approximate surface area is 96.4 Å². The summed E-state index contributed by atoms with van der Waals surface area (Å²) in [6.45, 7) is 2.55. The molecule has 3 nitrogen and oxygen atoms in total. The molecule has 1 aromatic carbocycles. The monoisotopic (exact) mass is 222 g/mol. The Morgan fingerprint density at radius 1 is 1.38 bits per heavy atom. The van der Waals surface area contributed by atoms with E-state index in [2.05, 4.69) is 0 Å². The van der Waals surface area contributed by atoms with Gasteiger partial charge in [0.25, 0.3) is 0 Å². The molecule has 0 saturated carbocycles. The molecule has 1 atom stereocenters. The van der Waals surface area contributed by atoms with Crippen molar-refractivity contribution in [1.82, 2.24) is 0 Å². The van der Waals surface area contributed by atoms with Crippen LogP contribution >= 0.6 is 0 Å². The third kappa shape index (κ3) is 3.07. The van der Waals surface area contributed by atoms with Crippen molar-refractivity contribution in [3.63, 3.8) is 0 Å². The molecule has 0 amide bonds. The van der Waals surface area contributed by atoms with Gasteiger partial charge < -0.3 is 14.3 Å². The van der Waals surface area contributed by atoms with E-state index in [1.807, 2.05) is 25.1 Å². The van der Waals surface area contributed by atoms with Gasteiger partial charge in [0.2, 0.25) is 0 Å². The minimum atomic E-state index is 0.235. The molecule has 16 heavy (non-hydrogen) atoms. The molecule has 1 unspecified atom stereocenters. The maximum Gasteiger partial charge on any atom is 0.124 e. The van der Waals surface area contributed by atoms with Gasteiger partial charge in [-0.25, -0.2) is 0 Å². The Balaban J connectivity index is 2.96. The maximum absolute atomic E-state index is 10.5. The Morgan fingerprint density at radius 3 is 2.69 bits per heavy atom. The summed E-state index contributed by atoms with van der Waals surface area (Å²) in [6, 6.07) is 5.95. The van der Waals surface area contributed by atoms with E-state index in [0.717, 1.165) is 23.2 Å². The van der Waals surface area contributed by atoms with Crippen LogP contribution in [0.5, 0.6) is 5.75 Å². The van der Waals surface area contributed by atoms with Gasteiger partial charge in [-0.05, 0) is 23.6 Å². The summed E-state index contributed by atoms with van der Waals surface area (Å²) in [6.07, 6.45) is 1.49. The van der Waals surface area contributed by atoms with E-state index in [9.17, 15) is 4.79 Å². The zero-order valence-corrected chi connectivity index (χ0v) is 10.0. The van der Waals surface area contributed by atoms with Gasteiger partial charge in [-0.3, -0.25) is 0 Å². The van der Waals surface area contributed by atoms with Crippen molar-refractivity contribution in [2.75, 3.05) is 14.2 Å². The lowest BCUT2D eigenvalue weighted by Gasteiger charge is -2.13. The SMILES string of the molecule is COCc1cc(C(C)CC=O)ccc1OC. The van der Waals surface area contributed by atoms with Gasteiger partial charge in [-0.2, -0.15) is 0 Å². The molecule has 0 N–H and O–H groups in total. The van der Waals surface area contributed by atoms with Crippen molar-refractivity contribution in [2.24, 2.45) is 0 Å². The summed E-state index contributed by atoms with van der Waals surface area (Å²) in [5.74, 6) is 1.06. The summed E-state index contributed by atoms with van der Waals surface area (Å²) in [7, 11) is 3.30. The third-order valence-corrected chi connectivity index (χ3v) is 2.62. The predicted molar refractivity (Wildman–Crippen MR) is 62.8 cm³/mol. The number of hydrogen-bond acceptors (Lipinski definition) is 3. The molecule has 0 fully saturated rings. The molecule has 0 heterocycles. The highest BCUT2D eigenvalue weighted by molar-refractivity contribution is 5.52. The molecular weight excluding hydrogens is 204 g/mol. The largest absolute Gasteiger partial charge is 0.496 e. The minimum absolute atomic E-state index is 0.235. The fourth-order valence-corrected chi connectivity index (χ4v) is 1.65. The van der Waals surface area contributed by atoms with Crippen LogP contribution in [0.2, 0.25) is 0 Å². The van der Waals surface area contributed by atoms with Crippen molar-refractivity contribution in [3.8, 4) is 5.75 Å². The van der Waals surface area contributed by atoms with Crippen molar-refractivity contribution in [1.29, 1.82) is 0 Å². The number of methoxy groups -OCH3 is 2. The van der Waals surface area contributed by atoms with Crippen molar-refractivity contribution < 1.29 is 14.3 Å². The van der Waals surface area contributed by atoms with E-state index >= 15 is 0 Å². The number of ether oxygens (including phenoxy) is 2. The highest BCUT2D eigenvalue weighted by atomic mass is 16.5. The van der Waals surface area contributed by atoms with E-state index in [-0.39, 0.29) is 5.92 Å². The van der Waals surface area contributed by atoms with Crippen LogP contribution in [0.1, 0.15) is 30.4 Å². The van der Waals surface area contributed by atoms with Crippen molar-refractivity contribution in [3.05, 3.63) is 29.3 Å². The number of benzene rings is 1. The average molecular weight is 222 g/mol. The van der Waals surface area contributed by atoms with E-state index in [4.69, 9.17) is 9.47 Å². The molecular formula is C13H18O3. The first kappa shape index (κ1) is 12.7. The molecule has 0 aliphatic rings. The number of carbonyl (C=O) groups is 1. The van der Waals surface area contributed by atoms with E-state index in [1.54, 1.807) is 14.2 Å². The molecule has 88 valence electrons. The highest BCUT2D eigenvalue weighted by Crippen LogP contribution is 2.26. The van der Waals surface area contributed by atoms with Gasteiger partial charge >= 0.3 is 0 Å². The second kappa shape index (κ2) is 6.28. The first-order chi connectivity index (χ1) is 7.72. The summed E-state index contributed by atoms with van der Waals surface area (Å²) in [5.41, 5.74) is 2.15. The van der Waals surface area contributed by atoms with Gasteiger partial charge in [0, 0.05) is 19.1 Å². The van der Waals surface area contributed by atoms with E-state index < -0.39 is 0 Å². The van der Waals surface area contributed by atoms with Gasteiger partial charge in [0.15, 0.2) is 0 Å². The Hall–Kier alpha value is -1.35. The van der Waals surface area contributed by atoms with Crippen LogP contribution in [-0.2, 0) is 16.1 Å². The standard InChI is InChI=1S/C13H18O3/c1-10(6-7-14)11-4-5-13(16-3)12(8-11)9-15-2/h4-5,7-8,10H,6,9H2,1-3H3. The molecule has 0 radical (unpaired) electrons. The fourth-order valence-electron chi connectivity index (χ4n) is 1.65. The summed E-state index contributed by atoms with van der Waals surface area (Å²) in [4.78, 5) is 10.5. The summed E-state index contributed by atoms with van der Waals surface area (Å²) < 4.78 is 10.4. The topological polar surface area (TPSA) is 35.5 Å². The lowest BCUT2D eigenvalue weighted by atomic mass is 9.96. The number of hydrogen-bond donors (Lipinski definition) is 0. The van der Waals surface area contributed by atoms with Crippen molar-refractivity contribution >= 4 is 6.29 Å². The Morgan fingerprint density at radius 2 is 2.12 bits per heavy atom. The van der Waals surface area contributed by atoms with Gasteiger partial charge in [0.05, 0.1) is 13.7 Å². The molecule has 3 heteroatoms. The van der Waals surface area contributed by atoms with E-state index in [1.165, 1.54) is 0 Å². The normalized spacial score (nSPS) is 12.2. The van der Waals surface area contributed by atoms with Gasteiger partial charge in [0.1, 0.15) is 12.0 Å². The smallest absolute Gasteiger partial charge is 0.124 e. The Kier molecular flexibility index (Phi) is 4.99. The zero-order chi connectivity index (χ0) is 12.0. The highest BCUT2D eigenvalue weighted by Gasteiger charge is 2.09. The fraction of sp³-hybridized carbons (Fsp3) is 0.462. The molecule has 1 rings (SSSR count). The van der Waals surface area contributed by atoms with Crippen molar-refractivity contribution in [2.45, 2.75) is 25.9 Å². The molecule has 1 aromatic rings. The minimum Gasteiger partial charge on any atom is -0.496 e. The zero-order valence-electron chi connectivity index (χ0n) is 10.0. The van der Waals surface area contributed by atoms with Crippen LogP contribution in [0.4, 0.5) is 0 Å². The lowest BCUT2D eigenvalue weighted by Crippen LogP contribution is -1.99. The summed E-state index contributed by atoms with van der Waals surface area (Å²) in [5, 5.41) is 0. The number of carbonyl (C=O) groups excluding carboxylic acids is 1. The predicted octanol–water partition coefficient (Wildman–Crippen LogP) is 2.53. The first-order valence-corrected chi connectivity index (χ1v) is 5.32. The second-order valence-corrected chi connectivity index (χ2v) is 3.81.